The number of aryl methyl sites for hydroxylation is 2. The van der Waals surface area contributed by atoms with Gasteiger partial charge in [-0.1, -0.05) is 17.7 Å². The van der Waals surface area contributed by atoms with Crippen LogP contribution in [0.3, 0.4) is 0 Å². The van der Waals surface area contributed by atoms with Crippen LogP contribution in [0.1, 0.15) is 29.7 Å². The molecule has 1 N–H and O–H groups in total. The van der Waals surface area contributed by atoms with Crippen molar-refractivity contribution in [3.63, 3.8) is 0 Å². The third kappa shape index (κ3) is 3.33. The maximum atomic E-state index is 5.83. The second-order valence-electron chi connectivity index (χ2n) is 5.37. The van der Waals surface area contributed by atoms with E-state index in [2.05, 4.69) is 28.3 Å². The third-order valence-electron chi connectivity index (χ3n) is 3.36. The number of ether oxygens (including phenoxy) is 1. The molecule has 0 amide bonds. The summed E-state index contributed by atoms with van der Waals surface area (Å²) in [6.07, 6.45) is 5.97. The highest BCUT2D eigenvalue weighted by molar-refractivity contribution is 5.37. The van der Waals surface area contributed by atoms with Crippen LogP contribution in [0.4, 0.5) is 0 Å². The van der Waals surface area contributed by atoms with Crippen molar-refractivity contribution in [2.45, 2.75) is 39.3 Å². The molecule has 1 aliphatic rings. The summed E-state index contributed by atoms with van der Waals surface area (Å²) in [5.41, 5.74) is 3.25. The Morgan fingerprint density at radius 2 is 2.10 bits per heavy atom. The van der Waals surface area contributed by atoms with Gasteiger partial charge in [0.2, 0.25) is 5.88 Å². The van der Waals surface area contributed by atoms with Gasteiger partial charge in [0.1, 0.15) is 5.75 Å². The van der Waals surface area contributed by atoms with E-state index in [1.807, 2.05) is 19.1 Å². The first-order chi connectivity index (χ1) is 9.70. The van der Waals surface area contributed by atoms with Crippen molar-refractivity contribution < 1.29 is 4.74 Å². The van der Waals surface area contributed by atoms with E-state index in [4.69, 9.17) is 4.74 Å². The first-order valence-corrected chi connectivity index (χ1v) is 7.00. The summed E-state index contributed by atoms with van der Waals surface area (Å²) in [6, 6.07) is 6.78. The van der Waals surface area contributed by atoms with Gasteiger partial charge in [-0.05, 0) is 38.3 Å². The summed E-state index contributed by atoms with van der Waals surface area (Å²) < 4.78 is 5.83. The van der Waals surface area contributed by atoms with Crippen LogP contribution in [-0.4, -0.2) is 16.0 Å². The predicted molar refractivity (Wildman–Crippen MR) is 77.9 cm³/mol. The molecule has 0 aliphatic heterocycles. The van der Waals surface area contributed by atoms with Gasteiger partial charge in [-0.25, -0.2) is 4.98 Å². The number of nitrogens with zero attached hydrogens (tertiary/aromatic N) is 2. The lowest BCUT2D eigenvalue weighted by molar-refractivity contribution is 0.452. The molecule has 0 bridgehead atoms. The van der Waals surface area contributed by atoms with E-state index in [-0.39, 0.29) is 0 Å². The number of benzene rings is 1. The van der Waals surface area contributed by atoms with Crippen LogP contribution in [-0.2, 0) is 6.54 Å². The molecule has 0 radical (unpaired) electrons. The fourth-order valence-electron chi connectivity index (χ4n) is 2.08. The number of aromatic nitrogens is 2. The fourth-order valence-corrected chi connectivity index (χ4v) is 2.08. The molecule has 4 nitrogen and oxygen atoms in total. The average Bonchev–Trinajstić information content (AvgIpc) is 3.24. The van der Waals surface area contributed by atoms with Crippen molar-refractivity contribution in [2.75, 3.05) is 0 Å². The molecule has 20 heavy (non-hydrogen) atoms. The molecule has 1 aromatic heterocycles. The van der Waals surface area contributed by atoms with E-state index >= 15 is 0 Å². The Hall–Kier alpha value is -1.94. The standard InChI is InChI=1S/C16H19N3O/c1-11-3-6-15(12(2)7-11)20-16-10-17-8-14(19-16)9-18-13-4-5-13/h3,6-8,10,13,18H,4-5,9H2,1-2H3. The highest BCUT2D eigenvalue weighted by Crippen LogP contribution is 2.24. The van der Waals surface area contributed by atoms with E-state index < -0.39 is 0 Å². The van der Waals surface area contributed by atoms with E-state index in [0.717, 1.165) is 23.6 Å². The first kappa shape index (κ1) is 13.1. The van der Waals surface area contributed by atoms with Crippen molar-refractivity contribution in [1.29, 1.82) is 0 Å². The normalized spacial score (nSPS) is 14.3. The van der Waals surface area contributed by atoms with E-state index in [1.165, 1.54) is 18.4 Å². The number of nitrogens with one attached hydrogen (secondary N) is 1. The Balaban J connectivity index is 1.70. The summed E-state index contributed by atoms with van der Waals surface area (Å²) in [5, 5.41) is 3.42. The Labute approximate surface area is 119 Å². The zero-order valence-electron chi connectivity index (χ0n) is 11.9. The molecule has 0 spiro atoms. The zero-order chi connectivity index (χ0) is 13.9. The van der Waals surface area contributed by atoms with Crippen molar-refractivity contribution in [1.82, 2.24) is 15.3 Å². The molecule has 0 unspecified atom stereocenters. The molecular weight excluding hydrogens is 250 g/mol. The number of rotatable bonds is 5. The Bertz CT molecular complexity index is 608. The molecular formula is C16H19N3O. The monoisotopic (exact) mass is 269 g/mol. The molecule has 2 aromatic rings. The van der Waals surface area contributed by atoms with Crippen molar-refractivity contribution in [3.05, 3.63) is 47.4 Å². The van der Waals surface area contributed by atoms with Gasteiger partial charge in [-0.3, -0.25) is 4.98 Å². The minimum atomic E-state index is 0.548. The Morgan fingerprint density at radius 1 is 1.25 bits per heavy atom. The van der Waals surface area contributed by atoms with Crippen LogP contribution < -0.4 is 10.1 Å². The smallest absolute Gasteiger partial charge is 0.238 e. The van der Waals surface area contributed by atoms with Crippen LogP contribution >= 0.6 is 0 Å². The molecule has 4 heteroatoms. The quantitative estimate of drug-likeness (QED) is 0.906. The average molecular weight is 269 g/mol. The minimum Gasteiger partial charge on any atom is -0.437 e. The summed E-state index contributed by atoms with van der Waals surface area (Å²) >= 11 is 0. The Morgan fingerprint density at radius 3 is 2.85 bits per heavy atom. The van der Waals surface area contributed by atoms with Crippen LogP contribution in [0.2, 0.25) is 0 Å². The van der Waals surface area contributed by atoms with Gasteiger partial charge < -0.3 is 10.1 Å². The predicted octanol–water partition coefficient (Wildman–Crippen LogP) is 3.14. The van der Waals surface area contributed by atoms with Gasteiger partial charge in [0.25, 0.3) is 0 Å². The van der Waals surface area contributed by atoms with Crippen LogP contribution in [0.25, 0.3) is 0 Å². The first-order valence-electron chi connectivity index (χ1n) is 7.00. The topological polar surface area (TPSA) is 47.0 Å². The van der Waals surface area contributed by atoms with Crippen molar-refractivity contribution >= 4 is 0 Å². The van der Waals surface area contributed by atoms with Gasteiger partial charge in [-0.2, -0.15) is 0 Å². The van der Waals surface area contributed by atoms with Crippen LogP contribution in [0, 0.1) is 13.8 Å². The van der Waals surface area contributed by atoms with Gasteiger partial charge >= 0.3 is 0 Å². The summed E-state index contributed by atoms with van der Waals surface area (Å²) in [4.78, 5) is 8.68. The molecule has 1 heterocycles. The minimum absolute atomic E-state index is 0.548. The second kappa shape index (κ2) is 5.59. The SMILES string of the molecule is Cc1ccc(Oc2cncc(CNC3CC3)n2)c(C)c1. The van der Waals surface area contributed by atoms with E-state index in [9.17, 15) is 0 Å². The van der Waals surface area contributed by atoms with Crippen molar-refractivity contribution in [3.8, 4) is 11.6 Å². The van der Waals surface area contributed by atoms with Gasteiger partial charge in [-0.15, -0.1) is 0 Å². The van der Waals surface area contributed by atoms with Gasteiger partial charge in [0.15, 0.2) is 0 Å². The Kier molecular flexibility index (Phi) is 3.65. The molecule has 1 aliphatic carbocycles. The highest BCUT2D eigenvalue weighted by atomic mass is 16.5. The molecule has 1 fully saturated rings. The molecule has 3 rings (SSSR count). The lowest BCUT2D eigenvalue weighted by Gasteiger charge is -2.09. The van der Waals surface area contributed by atoms with Gasteiger partial charge in [0.05, 0.1) is 11.9 Å². The summed E-state index contributed by atoms with van der Waals surface area (Å²) in [7, 11) is 0. The number of hydrogen-bond donors (Lipinski definition) is 1. The maximum absolute atomic E-state index is 5.83. The lowest BCUT2D eigenvalue weighted by Crippen LogP contribution is -2.16. The molecule has 1 aromatic carbocycles. The summed E-state index contributed by atoms with van der Waals surface area (Å²) in [6.45, 7) is 4.86. The van der Waals surface area contributed by atoms with Crippen LogP contribution in [0.5, 0.6) is 11.6 Å². The maximum Gasteiger partial charge on any atom is 0.238 e. The molecule has 1 saturated carbocycles. The number of hydrogen-bond acceptors (Lipinski definition) is 4. The van der Waals surface area contributed by atoms with Gasteiger partial charge in [0, 0.05) is 18.8 Å². The fraction of sp³-hybridized carbons (Fsp3) is 0.375. The van der Waals surface area contributed by atoms with Crippen LogP contribution in [0.15, 0.2) is 30.6 Å². The third-order valence-corrected chi connectivity index (χ3v) is 3.36. The molecule has 104 valence electrons. The molecule has 0 atom stereocenters. The second-order valence-corrected chi connectivity index (χ2v) is 5.37. The zero-order valence-corrected chi connectivity index (χ0v) is 11.9. The lowest BCUT2D eigenvalue weighted by atomic mass is 10.1. The van der Waals surface area contributed by atoms with Crippen molar-refractivity contribution in [2.24, 2.45) is 0 Å². The summed E-state index contributed by atoms with van der Waals surface area (Å²) in [5.74, 6) is 1.38. The molecule has 0 saturated heterocycles. The largest absolute Gasteiger partial charge is 0.437 e. The van der Waals surface area contributed by atoms with E-state index in [1.54, 1.807) is 12.4 Å². The highest BCUT2D eigenvalue weighted by Gasteiger charge is 2.20. The van der Waals surface area contributed by atoms with E-state index in [0.29, 0.717) is 11.9 Å².